The van der Waals surface area contributed by atoms with Crippen LogP contribution in [0.15, 0.2) is 56.6 Å². The Kier molecular flexibility index (Phi) is 5.04. The number of carbonyl (C=O) groups is 1. The minimum Gasteiger partial charge on any atom is -0.506 e. The molecule has 1 aromatic heterocycles. The number of carbonyl (C=O) groups excluding carboxylic acids is 1. The molecule has 2 aromatic carbocycles. The topological polar surface area (TPSA) is 145 Å². The lowest BCUT2D eigenvalue weighted by molar-refractivity contribution is -0.131. The van der Waals surface area contributed by atoms with Crippen LogP contribution in [-0.2, 0) is 4.79 Å². The summed E-state index contributed by atoms with van der Waals surface area (Å²) in [5, 5.41) is 14.3. The molecule has 5 rings (SSSR count). The fraction of sp³-hybridized carbons (Fsp3) is 0.227. The van der Waals surface area contributed by atoms with Gasteiger partial charge in [0.1, 0.15) is 22.0 Å². The Balaban J connectivity index is 1.63. The fourth-order valence-electron chi connectivity index (χ4n) is 3.74. The molecule has 10 nitrogen and oxygen atoms in total. The average Bonchev–Trinajstić information content (AvgIpc) is 3.58. The molecule has 1 saturated carbocycles. The summed E-state index contributed by atoms with van der Waals surface area (Å²) >= 11 is 0. The van der Waals surface area contributed by atoms with E-state index in [0.29, 0.717) is 23.4 Å². The van der Waals surface area contributed by atoms with Crippen molar-refractivity contribution in [1.29, 1.82) is 0 Å². The van der Waals surface area contributed by atoms with Crippen molar-refractivity contribution in [3.8, 4) is 11.5 Å². The summed E-state index contributed by atoms with van der Waals surface area (Å²) in [5.74, 6) is -0.426. The number of nitrogens with one attached hydrogen (secondary N) is 2. The van der Waals surface area contributed by atoms with E-state index in [4.69, 9.17) is 4.74 Å². The first-order valence-corrected chi connectivity index (χ1v) is 11.8. The van der Waals surface area contributed by atoms with Crippen molar-refractivity contribution < 1.29 is 23.7 Å². The van der Waals surface area contributed by atoms with Gasteiger partial charge in [-0.25, -0.2) is 4.68 Å². The highest BCUT2D eigenvalue weighted by atomic mass is 32.3. The third-order valence-corrected chi connectivity index (χ3v) is 6.87. The van der Waals surface area contributed by atoms with Crippen molar-refractivity contribution in [3.05, 3.63) is 58.4 Å². The van der Waals surface area contributed by atoms with E-state index in [1.807, 2.05) is 0 Å². The molecule has 2 aliphatic rings. The average molecular weight is 471 g/mol. The van der Waals surface area contributed by atoms with Crippen LogP contribution in [0.25, 0.3) is 10.9 Å². The molecule has 1 aliphatic heterocycles. The van der Waals surface area contributed by atoms with Crippen molar-refractivity contribution in [3.63, 3.8) is 0 Å². The number of nitrogens with zero attached hydrogens (tertiary/aromatic N) is 2. The molecule has 172 valence electrons. The maximum absolute atomic E-state index is 13.4. The van der Waals surface area contributed by atoms with E-state index in [0.717, 1.165) is 12.8 Å². The highest BCUT2D eigenvalue weighted by Crippen LogP contribution is 2.56. The van der Waals surface area contributed by atoms with Gasteiger partial charge in [-0.3, -0.25) is 18.7 Å². The van der Waals surface area contributed by atoms with Crippen LogP contribution in [0.3, 0.4) is 0 Å². The molecule has 0 spiro atoms. The first-order chi connectivity index (χ1) is 15.7. The molecule has 0 bridgehead atoms. The molecule has 0 saturated heterocycles. The van der Waals surface area contributed by atoms with Gasteiger partial charge < -0.3 is 20.6 Å². The second-order valence-corrected chi connectivity index (χ2v) is 9.68. The molecule has 3 aromatic rings. The first-order valence-electron chi connectivity index (χ1n) is 10.3. The number of benzene rings is 2. The molecular weight excluding hydrogens is 448 g/mol. The second-order valence-electron chi connectivity index (χ2n) is 8.02. The molecule has 0 unspecified atom stereocenters. The number of amidine groups is 1. The number of aromatic nitrogens is 1. The van der Waals surface area contributed by atoms with Gasteiger partial charge in [-0.05, 0) is 43.0 Å². The third kappa shape index (κ3) is 3.90. The summed E-state index contributed by atoms with van der Waals surface area (Å²) < 4.78 is 31.8. The van der Waals surface area contributed by atoms with Crippen LogP contribution in [-0.4, -0.2) is 37.2 Å². The van der Waals surface area contributed by atoms with Gasteiger partial charge in [0.15, 0.2) is 5.84 Å². The van der Waals surface area contributed by atoms with Gasteiger partial charge in [0.2, 0.25) is 0 Å². The van der Waals surface area contributed by atoms with E-state index in [2.05, 4.69) is 15.1 Å². The van der Waals surface area contributed by atoms with Gasteiger partial charge in [0, 0.05) is 24.9 Å². The lowest BCUT2D eigenvalue weighted by Gasteiger charge is -2.34. The second kappa shape index (κ2) is 7.80. The monoisotopic (exact) mass is 470 g/mol. The number of hydrogen-bond acceptors (Lipinski definition) is 9. The molecule has 1 fully saturated rings. The molecule has 33 heavy (non-hydrogen) atoms. The van der Waals surface area contributed by atoms with Gasteiger partial charge in [-0.15, -0.1) is 4.40 Å². The van der Waals surface area contributed by atoms with Gasteiger partial charge >= 0.3 is 5.97 Å². The Morgan fingerprint density at radius 2 is 2.03 bits per heavy atom. The van der Waals surface area contributed by atoms with Gasteiger partial charge in [0.25, 0.3) is 5.56 Å². The van der Waals surface area contributed by atoms with E-state index < -0.39 is 22.3 Å². The minimum atomic E-state index is -3.76. The molecule has 0 radical (unpaired) electrons. The number of anilines is 1. The van der Waals surface area contributed by atoms with Crippen LogP contribution >= 0.6 is 10.8 Å². The van der Waals surface area contributed by atoms with Gasteiger partial charge in [-0.1, -0.05) is 22.9 Å². The van der Waals surface area contributed by atoms with E-state index >= 15 is 0 Å². The smallest absolute Gasteiger partial charge is 0.308 e. The Morgan fingerprint density at radius 3 is 2.76 bits per heavy atom. The highest BCUT2D eigenvalue weighted by molar-refractivity contribution is 8.23. The third-order valence-electron chi connectivity index (χ3n) is 5.51. The summed E-state index contributed by atoms with van der Waals surface area (Å²) in [5.41, 5.74) is 3.13. The summed E-state index contributed by atoms with van der Waals surface area (Å²) in [4.78, 5) is 24.7. The molecular formula is C22H22N4O6S. The minimum absolute atomic E-state index is 0.0115. The zero-order valence-electron chi connectivity index (χ0n) is 17.6. The van der Waals surface area contributed by atoms with Crippen molar-refractivity contribution in [2.24, 2.45) is 10.3 Å². The quantitative estimate of drug-likeness (QED) is 0.281. The van der Waals surface area contributed by atoms with Gasteiger partial charge in [0.05, 0.1) is 11.2 Å². The number of aromatic hydroxyl groups is 1. The predicted octanol–water partition coefficient (Wildman–Crippen LogP) is 3.48. The summed E-state index contributed by atoms with van der Waals surface area (Å²) in [7, 11) is -3.76. The molecule has 0 atom stereocenters. The number of fused-ring (bicyclic) bond motifs is 2. The van der Waals surface area contributed by atoms with Crippen molar-refractivity contribution in [2.75, 3.05) is 17.3 Å². The first kappa shape index (κ1) is 21.3. The SMILES string of the molecule is CC(=O)Oc1ccc2c(c1)S(O)(O)N=C(c1c(O)c3ccccc3n(NCC3CC3)c1=O)N2. The zero-order valence-corrected chi connectivity index (χ0v) is 18.4. The number of ether oxygens (including phenoxy) is 1. The van der Waals surface area contributed by atoms with Crippen molar-refractivity contribution in [2.45, 2.75) is 24.7 Å². The standard InChI is InChI=1S/C22H22N4O6S/c1-12(27)32-14-8-9-16-18(10-14)33(30,31)25-21(24-16)19-20(28)15-4-2-3-5-17(15)26(22(19)29)23-11-13-6-7-13/h2-5,8-10,13,23,28,30-31H,6-7,11H2,1H3,(H,24,25). The maximum Gasteiger partial charge on any atom is 0.308 e. The molecule has 5 N–H and O–H groups in total. The summed E-state index contributed by atoms with van der Waals surface area (Å²) in [6.07, 6.45) is 2.18. The lowest BCUT2D eigenvalue weighted by Crippen LogP contribution is -2.36. The van der Waals surface area contributed by atoms with Crippen LogP contribution in [0.1, 0.15) is 25.3 Å². The predicted molar refractivity (Wildman–Crippen MR) is 126 cm³/mol. The number of esters is 1. The van der Waals surface area contributed by atoms with Crippen LogP contribution in [0.2, 0.25) is 0 Å². The summed E-state index contributed by atoms with van der Waals surface area (Å²) in [6, 6.07) is 11.1. The number of pyridine rings is 1. The van der Waals surface area contributed by atoms with E-state index in [1.165, 1.54) is 29.8 Å². The number of hydrogen-bond donors (Lipinski definition) is 5. The lowest BCUT2D eigenvalue weighted by atomic mass is 10.1. The Labute approximate surface area is 190 Å². The zero-order chi connectivity index (χ0) is 23.3. The number of rotatable bonds is 5. The fourth-order valence-corrected chi connectivity index (χ4v) is 4.91. The van der Waals surface area contributed by atoms with Crippen LogP contribution < -0.4 is 21.0 Å². The molecule has 1 aliphatic carbocycles. The Hall–Kier alpha value is -3.54. The van der Waals surface area contributed by atoms with Crippen molar-refractivity contribution in [1.82, 2.24) is 4.68 Å². The van der Waals surface area contributed by atoms with Crippen LogP contribution in [0.4, 0.5) is 5.69 Å². The van der Waals surface area contributed by atoms with E-state index in [9.17, 15) is 23.8 Å². The van der Waals surface area contributed by atoms with E-state index in [-0.39, 0.29) is 33.5 Å². The maximum atomic E-state index is 13.4. The molecule has 11 heteroatoms. The largest absolute Gasteiger partial charge is 0.506 e. The van der Waals surface area contributed by atoms with Gasteiger partial charge in [-0.2, -0.15) is 0 Å². The Morgan fingerprint density at radius 1 is 1.27 bits per heavy atom. The molecule has 2 heterocycles. The van der Waals surface area contributed by atoms with Crippen LogP contribution in [0, 0.1) is 5.92 Å². The number of para-hydroxylation sites is 1. The van der Waals surface area contributed by atoms with E-state index in [1.54, 1.807) is 24.3 Å². The summed E-state index contributed by atoms with van der Waals surface area (Å²) in [6.45, 7) is 1.84. The Bertz CT molecular complexity index is 1380. The molecule has 0 amide bonds. The van der Waals surface area contributed by atoms with Crippen LogP contribution in [0.5, 0.6) is 11.5 Å². The van der Waals surface area contributed by atoms with Crippen molar-refractivity contribution >= 4 is 39.2 Å². The normalized spacial score (nSPS) is 17.5. The highest BCUT2D eigenvalue weighted by Gasteiger charge is 2.31.